The summed E-state index contributed by atoms with van der Waals surface area (Å²) in [4.78, 5) is 0. The summed E-state index contributed by atoms with van der Waals surface area (Å²) >= 11 is 0. The lowest BCUT2D eigenvalue weighted by Crippen LogP contribution is -2.11. The molecule has 1 aliphatic rings. The maximum absolute atomic E-state index is 4.44. The molecule has 3 aromatic rings. The molecule has 1 N–H and O–H groups in total. The third-order valence-electron chi connectivity index (χ3n) is 4.87. The molecule has 25 heavy (non-hydrogen) atoms. The second kappa shape index (κ2) is 6.67. The largest absolute Gasteiger partial charge is 0.369 e. The third-order valence-corrected chi connectivity index (χ3v) is 4.87. The van der Waals surface area contributed by atoms with E-state index in [9.17, 15) is 0 Å². The number of nitrogens with zero attached hydrogens (tertiary/aromatic N) is 4. The van der Waals surface area contributed by atoms with Gasteiger partial charge in [0.1, 0.15) is 5.82 Å². The monoisotopic (exact) mass is 333 g/mol. The minimum atomic E-state index is 0.729. The molecule has 0 saturated carbocycles. The molecule has 2 heterocycles. The van der Waals surface area contributed by atoms with Crippen LogP contribution >= 0.6 is 0 Å². The first-order valence-corrected chi connectivity index (χ1v) is 8.87. The number of anilines is 1. The molecule has 0 atom stereocenters. The summed E-state index contributed by atoms with van der Waals surface area (Å²) < 4.78 is 1.82. The van der Waals surface area contributed by atoms with Crippen LogP contribution in [-0.2, 0) is 12.8 Å². The van der Waals surface area contributed by atoms with Crippen molar-refractivity contribution in [2.75, 3.05) is 11.9 Å². The van der Waals surface area contributed by atoms with Crippen LogP contribution in [0.3, 0.4) is 0 Å². The quantitative estimate of drug-likeness (QED) is 0.776. The van der Waals surface area contributed by atoms with E-state index in [4.69, 9.17) is 0 Å². The van der Waals surface area contributed by atoms with Crippen LogP contribution in [0.2, 0.25) is 0 Å². The van der Waals surface area contributed by atoms with Crippen molar-refractivity contribution < 1.29 is 0 Å². The summed E-state index contributed by atoms with van der Waals surface area (Å²) in [5.74, 6) is 2.30. The van der Waals surface area contributed by atoms with Gasteiger partial charge in [0.2, 0.25) is 0 Å². The Labute approximate surface area is 148 Å². The lowest BCUT2D eigenvalue weighted by atomic mass is 10.0. The van der Waals surface area contributed by atoms with E-state index >= 15 is 0 Å². The van der Waals surface area contributed by atoms with Crippen LogP contribution in [0.1, 0.15) is 28.9 Å². The molecule has 0 bridgehead atoms. The highest BCUT2D eigenvalue weighted by atomic mass is 15.4. The molecule has 5 heteroatoms. The summed E-state index contributed by atoms with van der Waals surface area (Å²) in [6.45, 7) is 4.92. The standard InChI is InChI=1S/C20H23N5/c1-14-11-15(2)25(24-14)20-8-7-19(22-23-20)21-10-9-16-12-17-5-3-4-6-18(17)13-16/h3-8,11,16H,9-10,12-13H2,1-2H3,(H,21,22). The van der Waals surface area contributed by atoms with Crippen molar-refractivity contribution in [2.24, 2.45) is 5.92 Å². The molecule has 0 fully saturated rings. The Kier molecular flexibility index (Phi) is 4.22. The first-order chi connectivity index (χ1) is 12.2. The Morgan fingerprint density at radius 3 is 2.40 bits per heavy atom. The van der Waals surface area contributed by atoms with E-state index in [1.54, 1.807) is 0 Å². The van der Waals surface area contributed by atoms with Crippen molar-refractivity contribution in [1.29, 1.82) is 0 Å². The number of hydrogen-bond donors (Lipinski definition) is 1. The van der Waals surface area contributed by atoms with Gasteiger partial charge in [0.05, 0.1) is 5.69 Å². The first kappa shape index (κ1) is 15.8. The summed E-state index contributed by atoms with van der Waals surface area (Å²) in [6, 6.07) is 14.8. The van der Waals surface area contributed by atoms with E-state index in [2.05, 4.69) is 44.9 Å². The van der Waals surface area contributed by atoms with Gasteiger partial charge >= 0.3 is 0 Å². The van der Waals surface area contributed by atoms with Gasteiger partial charge in [0.25, 0.3) is 0 Å². The molecular formula is C20H23N5. The Bertz CT molecular complexity index is 841. The van der Waals surface area contributed by atoms with E-state index in [0.29, 0.717) is 0 Å². The van der Waals surface area contributed by atoms with E-state index in [1.807, 2.05) is 36.7 Å². The number of benzene rings is 1. The molecule has 0 aliphatic heterocycles. The Morgan fingerprint density at radius 2 is 1.80 bits per heavy atom. The second-order valence-corrected chi connectivity index (χ2v) is 6.87. The SMILES string of the molecule is Cc1cc(C)n(-c2ccc(NCCC3Cc4ccccc4C3)nn2)n1. The van der Waals surface area contributed by atoms with Gasteiger partial charge in [-0.1, -0.05) is 24.3 Å². The summed E-state index contributed by atoms with van der Waals surface area (Å²) in [5, 5.41) is 16.4. The van der Waals surface area contributed by atoms with Gasteiger partial charge in [0.15, 0.2) is 5.82 Å². The van der Waals surface area contributed by atoms with Crippen LogP contribution in [0.15, 0.2) is 42.5 Å². The van der Waals surface area contributed by atoms with Crippen molar-refractivity contribution in [3.63, 3.8) is 0 Å². The van der Waals surface area contributed by atoms with Gasteiger partial charge in [0, 0.05) is 12.2 Å². The minimum absolute atomic E-state index is 0.729. The molecule has 0 unspecified atom stereocenters. The van der Waals surface area contributed by atoms with Crippen molar-refractivity contribution in [3.8, 4) is 5.82 Å². The number of aromatic nitrogens is 4. The maximum atomic E-state index is 4.44. The fraction of sp³-hybridized carbons (Fsp3) is 0.350. The van der Waals surface area contributed by atoms with Gasteiger partial charge < -0.3 is 5.32 Å². The molecule has 0 spiro atoms. The fourth-order valence-electron chi connectivity index (χ4n) is 3.65. The highest BCUT2D eigenvalue weighted by Crippen LogP contribution is 2.28. The van der Waals surface area contributed by atoms with Crippen LogP contribution in [0.5, 0.6) is 0 Å². The molecule has 5 nitrogen and oxygen atoms in total. The number of nitrogens with one attached hydrogen (secondary N) is 1. The van der Waals surface area contributed by atoms with Gasteiger partial charge in [-0.2, -0.15) is 5.10 Å². The zero-order valence-corrected chi connectivity index (χ0v) is 14.7. The Balaban J connectivity index is 1.31. The molecular weight excluding hydrogens is 310 g/mol. The smallest absolute Gasteiger partial charge is 0.176 e. The Morgan fingerprint density at radius 1 is 1.04 bits per heavy atom. The van der Waals surface area contributed by atoms with Gasteiger partial charge in [-0.05, 0) is 68.4 Å². The summed E-state index contributed by atoms with van der Waals surface area (Å²) in [7, 11) is 0. The molecule has 4 rings (SSSR count). The second-order valence-electron chi connectivity index (χ2n) is 6.87. The highest BCUT2D eigenvalue weighted by molar-refractivity contribution is 5.37. The molecule has 2 aromatic heterocycles. The summed E-state index contributed by atoms with van der Waals surface area (Å²) in [5.41, 5.74) is 5.08. The minimum Gasteiger partial charge on any atom is -0.369 e. The topological polar surface area (TPSA) is 55.6 Å². The van der Waals surface area contributed by atoms with Crippen LogP contribution < -0.4 is 5.32 Å². The molecule has 1 aliphatic carbocycles. The number of aryl methyl sites for hydroxylation is 2. The first-order valence-electron chi connectivity index (χ1n) is 8.87. The fourth-order valence-corrected chi connectivity index (χ4v) is 3.65. The molecule has 0 amide bonds. The van der Waals surface area contributed by atoms with Crippen LogP contribution in [-0.4, -0.2) is 26.5 Å². The van der Waals surface area contributed by atoms with Gasteiger partial charge in [-0.15, -0.1) is 10.2 Å². The normalized spacial score (nSPS) is 13.8. The van der Waals surface area contributed by atoms with Crippen LogP contribution in [0, 0.1) is 19.8 Å². The number of fused-ring (bicyclic) bond motifs is 1. The molecule has 128 valence electrons. The zero-order valence-electron chi connectivity index (χ0n) is 14.7. The number of rotatable bonds is 5. The zero-order chi connectivity index (χ0) is 17.2. The van der Waals surface area contributed by atoms with Gasteiger partial charge in [-0.3, -0.25) is 0 Å². The molecule has 1 aromatic carbocycles. The van der Waals surface area contributed by atoms with Gasteiger partial charge in [-0.25, -0.2) is 4.68 Å². The molecule has 0 radical (unpaired) electrons. The van der Waals surface area contributed by atoms with Crippen molar-refractivity contribution in [1.82, 2.24) is 20.0 Å². The average Bonchev–Trinajstić information content (AvgIpc) is 3.17. The van der Waals surface area contributed by atoms with E-state index in [-0.39, 0.29) is 0 Å². The van der Waals surface area contributed by atoms with Crippen LogP contribution in [0.25, 0.3) is 5.82 Å². The lowest BCUT2D eigenvalue weighted by molar-refractivity contribution is 0.529. The predicted octanol–water partition coefficient (Wildman–Crippen LogP) is 3.50. The van der Waals surface area contributed by atoms with E-state index < -0.39 is 0 Å². The van der Waals surface area contributed by atoms with Crippen molar-refractivity contribution >= 4 is 5.82 Å². The lowest BCUT2D eigenvalue weighted by Gasteiger charge is -2.10. The van der Waals surface area contributed by atoms with Crippen molar-refractivity contribution in [3.05, 3.63) is 65.0 Å². The maximum Gasteiger partial charge on any atom is 0.176 e. The Hall–Kier alpha value is -2.69. The van der Waals surface area contributed by atoms with Crippen molar-refractivity contribution in [2.45, 2.75) is 33.1 Å². The van der Waals surface area contributed by atoms with E-state index in [1.165, 1.54) is 24.0 Å². The van der Waals surface area contributed by atoms with Crippen LogP contribution in [0.4, 0.5) is 5.82 Å². The number of hydrogen-bond acceptors (Lipinski definition) is 4. The summed E-state index contributed by atoms with van der Waals surface area (Å²) in [6.07, 6.45) is 3.54. The third kappa shape index (κ3) is 3.40. The highest BCUT2D eigenvalue weighted by Gasteiger charge is 2.20. The predicted molar refractivity (Wildman–Crippen MR) is 99.1 cm³/mol. The van der Waals surface area contributed by atoms with E-state index in [0.717, 1.165) is 41.9 Å². The average molecular weight is 333 g/mol. The molecule has 0 saturated heterocycles.